The Hall–Kier alpha value is -1.82. The van der Waals surface area contributed by atoms with E-state index in [1.54, 1.807) is 12.1 Å². The second-order valence-electron chi connectivity index (χ2n) is 2.90. The van der Waals surface area contributed by atoms with Crippen LogP contribution in [0.3, 0.4) is 0 Å². The van der Waals surface area contributed by atoms with Crippen LogP contribution in [0, 0.1) is 11.3 Å². The summed E-state index contributed by atoms with van der Waals surface area (Å²) in [6.07, 6.45) is 2.95. The summed E-state index contributed by atoms with van der Waals surface area (Å²) in [6.45, 7) is 2.91. The van der Waals surface area contributed by atoms with Crippen LogP contribution in [0.4, 0.5) is 0 Å². The average molecular weight is 204 g/mol. The molecular weight excluding hydrogens is 188 g/mol. The molecule has 0 atom stereocenters. The second-order valence-corrected chi connectivity index (χ2v) is 2.90. The number of benzene rings is 1. The van der Waals surface area contributed by atoms with Gasteiger partial charge in [0, 0.05) is 6.54 Å². The van der Waals surface area contributed by atoms with E-state index in [-0.39, 0.29) is 0 Å². The summed E-state index contributed by atoms with van der Waals surface area (Å²) in [6, 6.07) is 11.2. The van der Waals surface area contributed by atoms with Gasteiger partial charge in [0.1, 0.15) is 0 Å². The smallest absolute Gasteiger partial charge is 0.207 e. The molecule has 1 aromatic carbocycles. The quantitative estimate of drug-likeness (QED) is 0.603. The van der Waals surface area contributed by atoms with Gasteiger partial charge in [-0.15, -0.1) is 0 Å². The summed E-state index contributed by atoms with van der Waals surface area (Å²) >= 11 is 0. The molecule has 80 valence electrons. The van der Waals surface area contributed by atoms with E-state index in [2.05, 4.69) is 12.2 Å². The Bertz CT molecular complexity index is 290. The van der Waals surface area contributed by atoms with Crippen molar-refractivity contribution in [2.24, 2.45) is 0 Å². The highest BCUT2D eigenvalue weighted by Gasteiger charge is 1.79. The molecule has 0 heterocycles. The van der Waals surface area contributed by atoms with Crippen LogP contribution in [-0.2, 0) is 4.79 Å². The number of amides is 1. The fourth-order valence-electron chi connectivity index (χ4n) is 0.850. The summed E-state index contributed by atoms with van der Waals surface area (Å²) in [4.78, 5) is 9.57. The van der Waals surface area contributed by atoms with E-state index >= 15 is 0 Å². The fourth-order valence-corrected chi connectivity index (χ4v) is 0.850. The van der Waals surface area contributed by atoms with Crippen LogP contribution in [0.25, 0.3) is 0 Å². The summed E-state index contributed by atoms with van der Waals surface area (Å²) in [5.41, 5.74) is 0.715. The highest BCUT2D eigenvalue weighted by atomic mass is 16.1. The normalized spacial score (nSPS) is 8.00. The highest BCUT2D eigenvalue weighted by Crippen LogP contribution is 1.93. The molecule has 1 N–H and O–H groups in total. The van der Waals surface area contributed by atoms with E-state index in [1.807, 2.05) is 24.3 Å². The molecule has 3 heteroatoms. The zero-order chi connectivity index (χ0) is 11.4. The number of unbranched alkanes of at least 4 members (excludes halogenated alkanes) is 1. The van der Waals surface area contributed by atoms with Gasteiger partial charge in [-0.1, -0.05) is 31.5 Å². The van der Waals surface area contributed by atoms with Gasteiger partial charge in [0.05, 0.1) is 11.6 Å². The zero-order valence-corrected chi connectivity index (χ0v) is 8.94. The second kappa shape index (κ2) is 10.3. The van der Waals surface area contributed by atoms with Crippen LogP contribution in [0.1, 0.15) is 25.3 Å². The Balaban J connectivity index is 0.000000265. The van der Waals surface area contributed by atoms with Gasteiger partial charge in [0.15, 0.2) is 0 Å². The van der Waals surface area contributed by atoms with Crippen LogP contribution in [0.15, 0.2) is 30.3 Å². The monoisotopic (exact) mass is 204 g/mol. The van der Waals surface area contributed by atoms with Gasteiger partial charge < -0.3 is 5.32 Å². The van der Waals surface area contributed by atoms with Gasteiger partial charge in [-0.3, -0.25) is 4.79 Å². The van der Waals surface area contributed by atoms with Crippen molar-refractivity contribution in [1.82, 2.24) is 5.32 Å². The van der Waals surface area contributed by atoms with Crippen molar-refractivity contribution >= 4 is 6.41 Å². The third kappa shape index (κ3) is 8.51. The van der Waals surface area contributed by atoms with Crippen LogP contribution in [0.2, 0.25) is 0 Å². The maximum Gasteiger partial charge on any atom is 0.207 e. The first kappa shape index (κ1) is 13.2. The largest absolute Gasteiger partial charge is 0.359 e. The number of nitrogens with zero attached hydrogens (tertiary/aromatic N) is 1. The fraction of sp³-hybridized carbons (Fsp3) is 0.333. The number of rotatable bonds is 4. The average Bonchev–Trinajstić information content (AvgIpc) is 2.32. The van der Waals surface area contributed by atoms with E-state index in [1.165, 1.54) is 0 Å². The molecule has 0 aromatic heterocycles. The van der Waals surface area contributed by atoms with Crippen molar-refractivity contribution < 1.29 is 4.79 Å². The lowest BCUT2D eigenvalue weighted by Gasteiger charge is -1.90. The molecule has 0 aliphatic heterocycles. The van der Waals surface area contributed by atoms with E-state index in [0.29, 0.717) is 5.56 Å². The molecule has 0 unspecified atom stereocenters. The van der Waals surface area contributed by atoms with Crippen LogP contribution in [0.5, 0.6) is 0 Å². The standard InChI is InChI=1S/C7H5N.C5H11NO/c8-6-7-4-2-1-3-5-7;1-2-3-4-6-5-7/h1-5H;5H,2-4H2,1H3,(H,6,7). The SMILES string of the molecule is CCCCNC=O.N#Cc1ccccc1. The lowest BCUT2D eigenvalue weighted by molar-refractivity contribution is -0.109. The zero-order valence-electron chi connectivity index (χ0n) is 8.94. The van der Waals surface area contributed by atoms with Crippen molar-refractivity contribution in [2.45, 2.75) is 19.8 Å². The molecule has 0 fully saturated rings. The maximum absolute atomic E-state index is 9.57. The van der Waals surface area contributed by atoms with Crippen molar-refractivity contribution in [3.63, 3.8) is 0 Å². The van der Waals surface area contributed by atoms with Crippen molar-refractivity contribution in [1.29, 1.82) is 5.26 Å². The van der Waals surface area contributed by atoms with Crippen LogP contribution < -0.4 is 5.32 Å². The lowest BCUT2D eigenvalue weighted by atomic mass is 10.2. The Morgan fingerprint density at radius 3 is 2.47 bits per heavy atom. The number of hydrogen-bond donors (Lipinski definition) is 1. The number of carbonyl (C=O) groups excluding carboxylic acids is 1. The van der Waals surface area contributed by atoms with Gasteiger partial charge in [0.2, 0.25) is 6.41 Å². The molecule has 1 rings (SSSR count). The van der Waals surface area contributed by atoms with Crippen molar-refractivity contribution in [3.8, 4) is 6.07 Å². The van der Waals surface area contributed by atoms with Crippen LogP contribution in [-0.4, -0.2) is 13.0 Å². The predicted molar refractivity (Wildman–Crippen MR) is 60.1 cm³/mol. The minimum absolute atomic E-state index is 0.715. The molecule has 1 amide bonds. The first-order chi connectivity index (χ1) is 7.35. The van der Waals surface area contributed by atoms with Gasteiger partial charge in [-0.2, -0.15) is 5.26 Å². The van der Waals surface area contributed by atoms with E-state index < -0.39 is 0 Å². The summed E-state index contributed by atoms with van der Waals surface area (Å²) < 4.78 is 0. The molecule has 0 spiro atoms. The molecule has 0 radical (unpaired) electrons. The summed E-state index contributed by atoms with van der Waals surface area (Å²) in [5, 5.41) is 10.9. The molecule has 0 bridgehead atoms. The molecule has 0 saturated carbocycles. The highest BCUT2D eigenvalue weighted by molar-refractivity contribution is 5.45. The molecule has 15 heavy (non-hydrogen) atoms. The Labute approximate surface area is 90.7 Å². The predicted octanol–water partition coefficient (Wildman–Crippen LogP) is 2.09. The van der Waals surface area contributed by atoms with Gasteiger partial charge in [0.25, 0.3) is 0 Å². The van der Waals surface area contributed by atoms with Gasteiger partial charge >= 0.3 is 0 Å². The van der Waals surface area contributed by atoms with Crippen molar-refractivity contribution in [3.05, 3.63) is 35.9 Å². The molecule has 1 aromatic rings. The lowest BCUT2D eigenvalue weighted by Crippen LogP contribution is -2.11. The first-order valence-corrected chi connectivity index (χ1v) is 4.97. The molecule has 0 saturated heterocycles. The maximum atomic E-state index is 9.57. The van der Waals surface area contributed by atoms with E-state index in [9.17, 15) is 4.79 Å². The third-order valence-corrected chi connectivity index (χ3v) is 1.66. The summed E-state index contributed by atoms with van der Waals surface area (Å²) in [7, 11) is 0. The topological polar surface area (TPSA) is 52.9 Å². The third-order valence-electron chi connectivity index (χ3n) is 1.66. The van der Waals surface area contributed by atoms with Gasteiger partial charge in [-0.25, -0.2) is 0 Å². The minimum Gasteiger partial charge on any atom is -0.359 e. The van der Waals surface area contributed by atoms with Crippen molar-refractivity contribution in [2.75, 3.05) is 6.54 Å². The molecular formula is C12H16N2O. The number of nitrogens with one attached hydrogen (secondary N) is 1. The Kier molecular flexibility index (Phi) is 9.02. The summed E-state index contributed by atoms with van der Waals surface area (Å²) in [5.74, 6) is 0. The molecule has 0 aliphatic rings. The Morgan fingerprint density at radius 1 is 1.40 bits per heavy atom. The van der Waals surface area contributed by atoms with E-state index in [4.69, 9.17) is 5.26 Å². The van der Waals surface area contributed by atoms with Gasteiger partial charge in [-0.05, 0) is 18.6 Å². The molecule has 0 aliphatic carbocycles. The number of hydrogen-bond acceptors (Lipinski definition) is 2. The van der Waals surface area contributed by atoms with Crippen LogP contribution >= 0.6 is 0 Å². The minimum atomic E-state index is 0.715. The number of nitriles is 1. The molecule has 3 nitrogen and oxygen atoms in total. The first-order valence-electron chi connectivity index (χ1n) is 4.97. The Morgan fingerprint density at radius 2 is 2.07 bits per heavy atom. The van der Waals surface area contributed by atoms with E-state index in [0.717, 1.165) is 25.8 Å². The number of carbonyl (C=O) groups is 1.